The first-order chi connectivity index (χ1) is 16.2. The Labute approximate surface area is 201 Å². The van der Waals surface area contributed by atoms with Gasteiger partial charge in [0.05, 0.1) is 12.1 Å². The zero-order chi connectivity index (χ0) is 22.4. The van der Waals surface area contributed by atoms with Crippen molar-refractivity contribution in [3.05, 3.63) is 74.0 Å². The molecule has 0 unspecified atom stereocenters. The van der Waals surface area contributed by atoms with E-state index in [1.165, 1.54) is 11.3 Å². The van der Waals surface area contributed by atoms with Crippen LogP contribution < -0.4 is 10.5 Å². The fourth-order valence-corrected chi connectivity index (χ4v) is 6.55. The Morgan fingerprint density at radius 1 is 1.00 bits per heavy atom. The van der Waals surface area contributed by atoms with Crippen molar-refractivity contribution in [2.75, 3.05) is 11.4 Å². The minimum Gasteiger partial charge on any atom is -0.312 e. The molecule has 10 heteroatoms. The van der Waals surface area contributed by atoms with Crippen molar-refractivity contribution in [3.63, 3.8) is 0 Å². The third-order valence-corrected chi connectivity index (χ3v) is 8.52. The van der Waals surface area contributed by atoms with E-state index in [1.807, 2.05) is 50.4 Å². The highest BCUT2D eigenvalue weighted by molar-refractivity contribution is 7.98. The number of amides is 1. The lowest BCUT2D eigenvalue weighted by Gasteiger charge is -2.15. The number of aromatic nitrogens is 4. The van der Waals surface area contributed by atoms with Gasteiger partial charge in [-0.05, 0) is 47.0 Å². The van der Waals surface area contributed by atoms with Gasteiger partial charge in [-0.1, -0.05) is 30.0 Å². The fourth-order valence-electron chi connectivity index (χ4n) is 4.14. The predicted octanol–water partition coefficient (Wildman–Crippen LogP) is 4.63. The van der Waals surface area contributed by atoms with Crippen molar-refractivity contribution >= 4 is 62.0 Å². The van der Waals surface area contributed by atoms with Crippen molar-refractivity contribution in [1.82, 2.24) is 19.2 Å². The highest BCUT2D eigenvalue weighted by atomic mass is 32.2. The monoisotopic (exact) mass is 493 g/mol. The lowest BCUT2D eigenvalue weighted by molar-refractivity contribution is -0.117. The number of hydrogen-bond acceptors (Lipinski definition) is 7. The summed E-state index contributed by atoms with van der Waals surface area (Å²) >= 11 is 4.66. The molecule has 0 atom stereocenters. The van der Waals surface area contributed by atoms with Gasteiger partial charge in [-0.2, -0.15) is 0 Å². The second-order valence-electron chi connectivity index (χ2n) is 7.83. The van der Waals surface area contributed by atoms with Crippen LogP contribution in [0.5, 0.6) is 0 Å². The van der Waals surface area contributed by atoms with Crippen molar-refractivity contribution in [2.24, 2.45) is 0 Å². The quantitative estimate of drug-likeness (QED) is 0.323. The summed E-state index contributed by atoms with van der Waals surface area (Å²) in [5, 5.41) is 13.5. The zero-order valence-electron chi connectivity index (χ0n) is 17.5. The van der Waals surface area contributed by atoms with Crippen LogP contribution in [0.25, 0.3) is 16.0 Å². The normalized spacial score (nSPS) is 14.2. The number of carbonyl (C=O) groups excluding carboxylic acids is 1. The highest BCUT2D eigenvalue weighted by Gasteiger charge is 2.22. The van der Waals surface area contributed by atoms with Gasteiger partial charge in [0.1, 0.15) is 4.70 Å². The molecule has 0 aliphatic carbocycles. The van der Waals surface area contributed by atoms with Crippen LogP contribution in [0.4, 0.5) is 5.69 Å². The molecule has 5 aromatic rings. The van der Waals surface area contributed by atoms with E-state index in [-0.39, 0.29) is 11.5 Å². The van der Waals surface area contributed by atoms with Crippen LogP contribution in [0.3, 0.4) is 0 Å². The van der Waals surface area contributed by atoms with Gasteiger partial charge in [-0.3, -0.25) is 18.6 Å². The van der Waals surface area contributed by atoms with E-state index in [0.29, 0.717) is 29.2 Å². The second-order valence-corrected chi connectivity index (χ2v) is 10.7. The molecule has 0 radical (unpaired) electrons. The maximum atomic E-state index is 13.1. The molecule has 33 heavy (non-hydrogen) atoms. The van der Waals surface area contributed by atoms with Crippen molar-refractivity contribution in [2.45, 2.75) is 30.3 Å². The Hall–Kier alpha value is -2.95. The van der Waals surface area contributed by atoms with Gasteiger partial charge in [0.15, 0.2) is 5.16 Å². The number of anilines is 1. The fraction of sp³-hybridized carbons (Fsp3) is 0.217. The summed E-state index contributed by atoms with van der Waals surface area (Å²) in [6.45, 7) is 1.27. The number of hydrogen-bond donors (Lipinski definition) is 0. The average molecular weight is 494 g/mol. The van der Waals surface area contributed by atoms with Crippen LogP contribution in [0, 0.1) is 0 Å². The molecule has 0 spiro atoms. The topological polar surface area (TPSA) is 72.5 Å². The van der Waals surface area contributed by atoms with E-state index in [1.54, 1.807) is 27.7 Å². The van der Waals surface area contributed by atoms with Crippen LogP contribution in [0.2, 0.25) is 0 Å². The molecule has 0 saturated carbocycles. The SMILES string of the molecule is O=C1CCCN1c1ccc(CSc2nnc3n(Cc4cccs4)c(=O)c4sccc4n23)cc1. The summed E-state index contributed by atoms with van der Waals surface area (Å²) in [5.74, 6) is 1.47. The van der Waals surface area contributed by atoms with E-state index in [2.05, 4.69) is 22.3 Å². The third kappa shape index (κ3) is 3.68. The molecule has 5 heterocycles. The van der Waals surface area contributed by atoms with Gasteiger partial charge in [0, 0.05) is 29.3 Å². The minimum atomic E-state index is -0.0306. The predicted molar refractivity (Wildman–Crippen MR) is 134 cm³/mol. The largest absolute Gasteiger partial charge is 0.312 e. The summed E-state index contributed by atoms with van der Waals surface area (Å²) in [7, 11) is 0. The third-order valence-electron chi connectivity index (χ3n) is 5.77. The first-order valence-corrected chi connectivity index (χ1v) is 13.3. The van der Waals surface area contributed by atoms with Crippen LogP contribution in [0.1, 0.15) is 23.3 Å². The van der Waals surface area contributed by atoms with Crippen molar-refractivity contribution in [3.8, 4) is 0 Å². The smallest absolute Gasteiger partial charge is 0.273 e. The molecule has 4 aromatic heterocycles. The molecule has 1 aliphatic rings. The van der Waals surface area contributed by atoms with Crippen molar-refractivity contribution in [1.29, 1.82) is 0 Å². The van der Waals surface area contributed by atoms with E-state index in [9.17, 15) is 9.59 Å². The maximum Gasteiger partial charge on any atom is 0.273 e. The molecular weight excluding hydrogens is 474 g/mol. The lowest BCUT2D eigenvalue weighted by atomic mass is 10.2. The van der Waals surface area contributed by atoms with E-state index < -0.39 is 0 Å². The van der Waals surface area contributed by atoms with Gasteiger partial charge in [0.2, 0.25) is 11.7 Å². The molecule has 0 bridgehead atoms. The van der Waals surface area contributed by atoms with Gasteiger partial charge in [-0.15, -0.1) is 32.9 Å². The second kappa shape index (κ2) is 8.44. The Morgan fingerprint density at radius 3 is 2.64 bits per heavy atom. The number of rotatable bonds is 6. The number of carbonyl (C=O) groups is 1. The number of fused-ring (bicyclic) bond motifs is 3. The maximum absolute atomic E-state index is 13.1. The molecule has 1 amide bonds. The Balaban J connectivity index is 1.31. The first kappa shape index (κ1) is 20.6. The van der Waals surface area contributed by atoms with E-state index in [0.717, 1.165) is 39.8 Å². The van der Waals surface area contributed by atoms with Crippen molar-refractivity contribution < 1.29 is 4.79 Å². The summed E-state index contributed by atoms with van der Waals surface area (Å²) in [4.78, 5) is 28.1. The van der Waals surface area contributed by atoms with Gasteiger partial charge in [-0.25, -0.2) is 0 Å². The van der Waals surface area contributed by atoms with E-state index >= 15 is 0 Å². The van der Waals surface area contributed by atoms with Gasteiger partial charge in [0.25, 0.3) is 5.56 Å². The molecule has 0 N–H and O–H groups in total. The summed E-state index contributed by atoms with van der Waals surface area (Å²) in [5.41, 5.74) is 2.91. The number of thiophene rings is 2. The standard InChI is InChI=1S/C23H19N5O2S3/c29-19-4-1-10-26(19)16-7-5-15(6-8-16)14-33-23-25-24-22-27(13-17-3-2-11-31-17)21(30)20-18(28(22)23)9-12-32-20/h2-3,5-9,11-12H,1,4,10,13-14H2. The minimum absolute atomic E-state index is 0.0306. The molecule has 6 rings (SSSR count). The molecule has 7 nitrogen and oxygen atoms in total. The molecule has 1 saturated heterocycles. The van der Waals surface area contributed by atoms with Crippen LogP contribution in [-0.2, 0) is 17.1 Å². The van der Waals surface area contributed by atoms with E-state index in [4.69, 9.17) is 0 Å². The molecular formula is C23H19N5O2S3. The average Bonchev–Trinajstić information content (AvgIpc) is 3.62. The first-order valence-electron chi connectivity index (χ1n) is 10.6. The van der Waals surface area contributed by atoms with Gasteiger partial charge >= 0.3 is 0 Å². The number of benzene rings is 1. The van der Waals surface area contributed by atoms with Crippen LogP contribution >= 0.6 is 34.4 Å². The molecule has 1 aliphatic heterocycles. The Kier molecular flexibility index (Phi) is 5.28. The Morgan fingerprint density at radius 2 is 1.88 bits per heavy atom. The van der Waals surface area contributed by atoms with Crippen LogP contribution in [0.15, 0.2) is 63.2 Å². The molecule has 1 fully saturated rings. The number of nitrogens with zero attached hydrogens (tertiary/aromatic N) is 5. The van der Waals surface area contributed by atoms with Crippen LogP contribution in [-0.4, -0.2) is 31.6 Å². The zero-order valence-corrected chi connectivity index (χ0v) is 20.0. The Bertz CT molecular complexity index is 1520. The summed E-state index contributed by atoms with van der Waals surface area (Å²) in [6, 6.07) is 14.1. The summed E-state index contributed by atoms with van der Waals surface area (Å²) < 4.78 is 4.41. The highest BCUT2D eigenvalue weighted by Crippen LogP contribution is 2.28. The summed E-state index contributed by atoms with van der Waals surface area (Å²) in [6.07, 6.45) is 1.55. The molecule has 166 valence electrons. The van der Waals surface area contributed by atoms with Gasteiger partial charge < -0.3 is 4.90 Å². The lowest BCUT2D eigenvalue weighted by Crippen LogP contribution is -2.23. The molecule has 1 aromatic carbocycles. The number of thioether (sulfide) groups is 1.